The Kier molecular flexibility index (Phi) is 14.2. The Hall–Kier alpha value is -3.14. The van der Waals surface area contributed by atoms with Crippen LogP contribution in [0.25, 0.3) is 16.7 Å². The van der Waals surface area contributed by atoms with Crippen LogP contribution < -0.4 is 4.74 Å². The van der Waals surface area contributed by atoms with Crippen molar-refractivity contribution in [3.63, 3.8) is 0 Å². The van der Waals surface area contributed by atoms with Gasteiger partial charge in [0, 0.05) is 31.9 Å². The van der Waals surface area contributed by atoms with Gasteiger partial charge in [0.2, 0.25) is 5.88 Å². The Morgan fingerprint density at radius 3 is 2.14 bits per heavy atom. The fourth-order valence-electron chi connectivity index (χ4n) is 2.87. The van der Waals surface area contributed by atoms with Gasteiger partial charge in [0.25, 0.3) is 0 Å². The van der Waals surface area contributed by atoms with Gasteiger partial charge < -0.3 is 9.47 Å². The van der Waals surface area contributed by atoms with E-state index in [4.69, 9.17) is 9.47 Å². The van der Waals surface area contributed by atoms with Gasteiger partial charge in [-0.05, 0) is 51.2 Å². The summed E-state index contributed by atoms with van der Waals surface area (Å²) in [6.45, 7) is 13.2. The molecule has 4 heterocycles. The van der Waals surface area contributed by atoms with Gasteiger partial charge in [-0.3, -0.25) is 0 Å². The fraction of sp³-hybridized carbons (Fsp3) is 0.500. The number of halogens is 3. The third kappa shape index (κ3) is 11.5. The first-order valence-electron chi connectivity index (χ1n) is 11.9. The lowest BCUT2D eigenvalue weighted by molar-refractivity contribution is -0.133. The molecule has 1 fully saturated rings. The summed E-state index contributed by atoms with van der Waals surface area (Å²) in [5.74, 6) is 0.660. The van der Waals surface area contributed by atoms with Crippen molar-refractivity contribution in [1.29, 1.82) is 0 Å². The summed E-state index contributed by atoms with van der Waals surface area (Å²) in [4.78, 5) is 20.4. The fourth-order valence-corrected chi connectivity index (χ4v) is 2.87. The highest BCUT2D eigenvalue weighted by molar-refractivity contribution is 5.83. The third-order valence-corrected chi connectivity index (χ3v) is 4.85. The number of aromatic nitrogens is 5. The van der Waals surface area contributed by atoms with E-state index in [1.54, 1.807) is 33.2 Å². The van der Waals surface area contributed by atoms with Crippen LogP contribution in [0.5, 0.6) is 5.88 Å². The van der Waals surface area contributed by atoms with Crippen LogP contribution in [0.3, 0.4) is 0 Å². The molecule has 1 aliphatic rings. The van der Waals surface area contributed by atoms with E-state index in [1.165, 1.54) is 25.6 Å². The van der Waals surface area contributed by atoms with Crippen molar-refractivity contribution >= 4 is 16.7 Å². The SMILES string of the molecule is C1CCOCC1.C=C(CCC(F)(F)F)c1ncnc2nc(C)c(C)nc12.CC.COc1ccccn1. The summed E-state index contributed by atoms with van der Waals surface area (Å²) >= 11 is 0. The Labute approximate surface area is 211 Å². The van der Waals surface area contributed by atoms with Crippen LogP contribution in [0.1, 0.15) is 63.0 Å². The van der Waals surface area contributed by atoms with E-state index in [1.807, 2.05) is 26.0 Å². The first-order valence-corrected chi connectivity index (χ1v) is 11.9. The van der Waals surface area contributed by atoms with Crippen LogP contribution in [0.4, 0.5) is 13.2 Å². The van der Waals surface area contributed by atoms with E-state index < -0.39 is 12.6 Å². The number of alkyl halides is 3. The van der Waals surface area contributed by atoms with Gasteiger partial charge in [-0.15, -0.1) is 0 Å². The first kappa shape index (κ1) is 30.9. The second-order valence-corrected chi connectivity index (χ2v) is 7.55. The molecule has 0 saturated carbocycles. The van der Waals surface area contributed by atoms with Crippen molar-refractivity contribution in [2.75, 3.05) is 20.3 Å². The molecular weight excluding hydrogens is 471 g/mol. The molecular formula is C26H36F3N5O2. The molecule has 0 bridgehead atoms. The number of methoxy groups -OCH3 is 1. The summed E-state index contributed by atoms with van der Waals surface area (Å²) in [5, 5.41) is 0. The lowest BCUT2D eigenvalue weighted by Crippen LogP contribution is -2.07. The third-order valence-electron chi connectivity index (χ3n) is 4.85. The zero-order valence-corrected chi connectivity index (χ0v) is 21.7. The highest BCUT2D eigenvalue weighted by Crippen LogP contribution is 2.28. The average Bonchev–Trinajstić information content (AvgIpc) is 2.90. The minimum atomic E-state index is -4.22. The normalized spacial score (nSPS) is 12.7. The smallest absolute Gasteiger partial charge is 0.389 e. The number of allylic oxidation sites excluding steroid dienone is 1. The Morgan fingerprint density at radius 2 is 1.67 bits per heavy atom. The standard InChI is InChI=1S/C13H13F3N4.C6H7NO.C5H10O.C2H6/c1-7(4-5-13(14,15)16)10-11-12(18-6-17-10)20-9(3)8(2)19-11;1-8-6-4-2-3-5-7-6;1-2-4-6-5-3-1;1-2/h6H,1,4-5H2,2-3H3;2-5H,1H3;1-5H2;1-2H3. The summed E-state index contributed by atoms with van der Waals surface area (Å²) in [5.41, 5.74) is 2.79. The van der Waals surface area contributed by atoms with Crippen molar-refractivity contribution < 1.29 is 22.6 Å². The number of rotatable bonds is 4. The zero-order chi connectivity index (χ0) is 27.0. The van der Waals surface area contributed by atoms with Crippen LogP contribution in [0.2, 0.25) is 0 Å². The average molecular weight is 508 g/mol. The lowest BCUT2D eigenvalue weighted by Gasteiger charge is -2.10. The minimum absolute atomic E-state index is 0.218. The molecule has 10 heteroatoms. The van der Waals surface area contributed by atoms with Gasteiger partial charge >= 0.3 is 6.18 Å². The van der Waals surface area contributed by atoms with Crippen molar-refractivity contribution in [3.8, 4) is 5.88 Å². The van der Waals surface area contributed by atoms with Crippen LogP contribution in [0.15, 0.2) is 37.3 Å². The molecule has 3 aromatic rings. The molecule has 1 saturated heterocycles. The Bertz CT molecular complexity index is 1030. The van der Waals surface area contributed by atoms with Crippen molar-refractivity contribution in [1.82, 2.24) is 24.9 Å². The summed E-state index contributed by atoms with van der Waals surface area (Å²) in [6, 6.07) is 5.54. The second-order valence-electron chi connectivity index (χ2n) is 7.55. The van der Waals surface area contributed by atoms with E-state index in [0.717, 1.165) is 18.9 Å². The van der Waals surface area contributed by atoms with Crippen LogP contribution in [-0.4, -0.2) is 51.4 Å². The molecule has 0 amide bonds. The minimum Gasteiger partial charge on any atom is -0.481 e. The molecule has 4 rings (SSSR count). The maximum Gasteiger partial charge on any atom is 0.389 e. The van der Waals surface area contributed by atoms with Crippen molar-refractivity contribution in [2.45, 2.75) is 66.0 Å². The molecule has 7 nitrogen and oxygen atoms in total. The quantitative estimate of drug-likeness (QED) is 0.389. The summed E-state index contributed by atoms with van der Waals surface area (Å²) < 4.78 is 46.7. The second kappa shape index (κ2) is 16.5. The lowest BCUT2D eigenvalue weighted by atomic mass is 10.1. The van der Waals surface area contributed by atoms with Crippen LogP contribution in [0, 0.1) is 13.8 Å². The number of aryl methyl sites for hydroxylation is 2. The van der Waals surface area contributed by atoms with Crippen LogP contribution >= 0.6 is 0 Å². The molecule has 0 aromatic carbocycles. The van der Waals surface area contributed by atoms with E-state index in [2.05, 4.69) is 31.5 Å². The van der Waals surface area contributed by atoms with E-state index in [0.29, 0.717) is 28.4 Å². The highest BCUT2D eigenvalue weighted by Gasteiger charge is 2.27. The maximum atomic E-state index is 12.3. The summed E-state index contributed by atoms with van der Waals surface area (Å²) in [7, 11) is 1.60. The highest BCUT2D eigenvalue weighted by atomic mass is 19.4. The molecule has 0 radical (unpaired) electrons. The number of ether oxygens (including phenoxy) is 2. The van der Waals surface area contributed by atoms with Crippen molar-refractivity contribution in [3.05, 3.63) is 54.4 Å². The molecule has 0 spiro atoms. The van der Waals surface area contributed by atoms with E-state index >= 15 is 0 Å². The number of hydrogen-bond acceptors (Lipinski definition) is 7. The number of nitrogens with zero attached hydrogens (tertiary/aromatic N) is 5. The Balaban J connectivity index is 0.000000329. The Morgan fingerprint density at radius 1 is 1.00 bits per heavy atom. The maximum absolute atomic E-state index is 12.3. The number of pyridine rings is 1. The van der Waals surface area contributed by atoms with Gasteiger partial charge in [-0.2, -0.15) is 13.2 Å². The molecule has 1 aliphatic heterocycles. The van der Waals surface area contributed by atoms with Gasteiger partial charge in [0.1, 0.15) is 11.8 Å². The molecule has 0 aliphatic carbocycles. The van der Waals surface area contributed by atoms with Crippen LogP contribution in [-0.2, 0) is 4.74 Å². The zero-order valence-electron chi connectivity index (χ0n) is 21.7. The predicted molar refractivity (Wildman–Crippen MR) is 136 cm³/mol. The molecule has 0 N–H and O–H groups in total. The topological polar surface area (TPSA) is 82.9 Å². The van der Waals surface area contributed by atoms with E-state index in [-0.39, 0.29) is 12.0 Å². The van der Waals surface area contributed by atoms with Gasteiger partial charge in [-0.25, -0.2) is 24.9 Å². The van der Waals surface area contributed by atoms with Gasteiger partial charge in [0.15, 0.2) is 5.65 Å². The van der Waals surface area contributed by atoms with Gasteiger partial charge in [0.05, 0.1) is 24.2 Å². The molecule has 0 unspecified atom stereocenters. The first-order chi connectivity index (χ1) is 17.2. The predicted octanol–water partition coefficient (Wildman–Crippen LogP) is 6.70. The number of fused-ring (bicyclic) bond motifs is 1. The van der Waals surface area contributed by atoms with Gasteiger partial charge in [-0.1, -0.05) is 26.5 Å². The van der Waals surface area contributed by atoms with Crippen molar-refractivity contribution in [2.24, 2.45) is 0 Å². The van der Waals surface area contributed by atoms with E-state index in [9.17, 15) is 13.2 Å². The molecule has 3 aromatic heterocycles. The number of hydrogen-bond donors (Lipinski definition) is 0. The molecule has 36 heavy (non-hydrogen) atoms. The monoisotopic (exact) mass is 507 g/mol. The molecule has 198 valence electrons. The summed E-state index contributed by atoms with van der Waals surface area (Å²) in [6.07, 6.45) is 1.52. The largest absolute Gasteiger partial charge is 0.481 e. The molecule has 0 atom stereocenters.